The van der Waals surface area contributed by atoms with E-state index in [1.165, 1.54) is 0 Å². The van der Waals surface area contributed by atoms with Crippen molar-refractivity contribution in [1.82, 2.24) is 15.5 Å². The van der Waals surface area contributed by atoms with Crippen molar-refractivity contribution < 1.29 is 33.8 Å². The minimum absolute atomic E-state index is 0.0209. The van der Waals surface area contributed by atoms with E-state index < -0.39 is 59.4 Å². The van der Waals surface area contributed by atoms with Crippen molar-refractivity contribution in [2.45, 2.75) is 76.3 Å². The number of nitrogens with zero attached hydrogens (tertiary/aromatic N) is 1. The van der Waals surface area contributed by atoms with Crippen LogP contribution in [0.15, 0.2) is 47.8 Å². The Bertz CT molecular complexity index is 1210. The van der Waals surface area contributed by atoms with Gasteiger partial charge in [0.05, 0.1) is 17.3 Å². The molecule has 1 saturated heterocycles. The van der Waals surface area contributed by atoms with Crippen molar-refractivity contribution in [2.75, 3.05) is 6.54 Å². The molecule has 0 saturated carbocycles. The fourth-order valence-corrected chi connectivity index (χ4v) is 5.08. The number of thiophene rings is 1. The summed E-state index contributed by atoms with van der Waals surface area (Å²) in [7, 11) is 0. The Hall–Kier alpha value is -3.77. The van der Waals surface area contributed by atoms with E-state index in [9.17, 15) is 29.1 Å². The molecule has 12 heteroatoms. The Labute approximate surface area is 237 Å². The van der Waals surface area contributed by atoms with Gasteiger partial charge in [-0.15, -0.1) is 11.3 Å². The Morgan fingerprint density at radius 2 is 1.85 bits per heavy atom. The summed E-state index contributed by atoms with van der Waals surface area (Å²) in [6.07, 6.45) is 0.693. The van der Waals surface area contributed by atoms with Gasteiger partial charge in [-0.3, -0.25) is 19.2 Å². The van der Waals surface area contributed by atoms with E-state index in [1.807, 2.05) is 30.3 Å². The highest BCUT2D eigenvalue weighted by atomic mass is 32.1. The third kappa shape index (κ3) is 7.89. The molecular formula is C28H36N4O7S. The zero-order valence-corrected chi connectivity index (χ0v) is 23.7. The van der Waals surface area contributed by atoms with Crippen LogP contribution in [0.5, 0.6) is 0 Å². The first-order chi connectivity index (χ1) is 18.8. The summed E-state index contributed by atoms with van der Waals surface area (Å²) >= 11 is 1.15. The minimum Gasteiger partial charge on any atom is -0.456 e. The maximum Gasteiger partial charge on any atom is 0.362 e. The van der Waals surface area contributed by atoms with Crippen molar-refractivity contribution in [2.24, 2.45) is 5.73 Å². The van der Waals surface area contributed by atoms with Crippen LogP contribution in [0.3, 0.4) is 0 Å². The summed E-state index contributed by atoms with van der Waals surface area (Å²) in [6.45, 7) is 4.83. The smallest absolute Gasteiger partial charge is 0.362 e. The predicted octanol–water partition coefficient (Wildman–Crippen LogP) is 1.49. The first-order valence-corrected chi connectivity index (χ1v) is 13.9. The molecule has 0 spiro atoms. The molecule has 1 aromatic heterocycles. The molecule has 216 valence electrons. The Balaban J connectivity index is 1.78. The molecule has 2 aromatic rings. The number of rotatable bonds is 11. The lowest BCUT2D eigenvalue weighted by molar-refractivity contribution is -0.200. The van der Waals surface area contributed by atoms with Gasteiger partial charge in [0.2, 0.25) is 17.7 Å². The number of hydrogen-bond donors (Lipinski definition) is 4. The van der Waals surface area contributed by atoms with E-state index >= 15 is 0 Å². The van der Waals surface area contributed by atoms with E-state index in [0.29, 0.717) is 17.7 Å². The van der Waals surface area contributed by atoms with Crippen LogP contribution in [0.2, 0.25) is 0 Å². The number of ether oxygens (including phenoxy) is 1. The number of hydrogen-bond acceptors (Lipinski definition) is 8. The van der Waals surface area contributed by atoms with Crippen LogP contribution in [0.25, 0.3) is 0 Å². The topological polar surface area (TPSA) is 168 Å². The summed E-state index contributed by atoms with van der Waals surface area (Å²) in [5, 5.41) is 18.4. The highest BCUT2D eigenvalue weighted by molar-refractivity contribution is 7.12. The maximum atomic E-state index is 13.3. The molecule has 1 aromatic carbocycles. The maximum absolute atomic E-state index is 13.3. The summed E-state index contributed by atoms with van der Waals surface area (Å²) in [4.78, 5) is 65.4. The van der Waals surface area contributed by atoms with Crippen molar-refractivity contribution in [3.8, 4) is 0 Å². The molecule has 5 N–H and O–H groups in total. The number of nitrogens with two attached hydrogens (primary N) is 1. The van der Waals surface area contributed by atoms with Gasteiger partial charge in [-0.2, -0.15) is 0 Å². The van der Waals surface area contributed by atoms with Gasteiger partial charge < -0.3 is 31.1 Å². The van der Waals surface area contributed by atoms with Crippen LogP contribution in [0.4, 0.5) is 0 Å². The summed E-state index contributed by atoms with van der Waals surface area (Å²) in [5.41, 5.74) is 2.87. The van der Waals surface area contributed by atoms with Gasteiger partial charge in [0.25, 0.3) is 11.6 Å². The van der Waals surface area contributed by atoms with Gasteiger partial charge in [0, 0.05) is 13.0 Å². The molecule has 40 heavy (non-hydrogen) atoms. The number of carbonyl (C=O) groups excluding carboxylic acids is 5. The summed E-state index contributed by atoms with van der Waals surface area (Å²) < 4.78 is 5.45. The number of likely N-dealkylation sites (tertiary alicyclic amines) is 1. The number of aliphatic hydroxyl groups is 1. The van der Waals surface area contributed by atoms with Gasteiger partial charge in [0.1, 0.15) is 11.6 Å². The normalized spacial score (nSPS) is 19.5. The van der Waals surface area contributed by atoms with Crippen LogP contribution in [-0.2, 0) is 30.3 Å². The van der Waals surface area contributed by atoms with Gasteiger partial charge >= 0.3 is 5.97 Å². The molecular weight excluding hydrogens is 536 g/mol. The molecule has 1 fully saturated rings. The highest BCUT2D eigenvalue weighted by Crippen LogP contribution is 2.32. The number of amides is 4. The molecule has 1 aliphatic rings. The molecule has 0 bridgehead atoms. The molecule has 3 rings (SSSR count). The number of aryl methyl sites for hydroxylation is 1. The Kier molecular flexibility index (Phi) is 10.0. The Morgan fingerprint density at radius 1 is 1.15 bits per heavy atom. The van der Waals surface area contributed by atoms with Crippen LogP contribution in [0.1, 0.15) is 61.7 Å². The van der Waals surface area contributed by atoms with Crippen molar-refractivity contribution in [3.05, 3.63) is 58.3 Å². The number of nitrogens with one attached hydrogen (secondary N) is 2. The van der Waals surface area contributed by atoms with Gasteiger partial charge in [0.15, 0.2) is 0 Å². The van der Waals surface area contributed by atoms with Gasteiger partial charge in [-0.25, -0.2) is 4.79 Å². The van der Waals surface area contributed by atoms with E-state index in [0.717, 1.165) is 21.8 Å². The molecule has 2 heterocycles. The van der Waals surface area contributed by atoms with Crippen molar-refractivity contribution in [3.63, 3.8) is 0 Å². The second-order valence-electron chi connectivity index (χ2n) is 10.6. The van der Waals surface area contributed by atoms with Crippen molar-refractivity contribution in [1.29, 1.82) is 0 Å². The monoisotopic (exact) mass is 572 g/mol. The lowest BCUT2D eigenvalue weighted by Gasteiger charge is -2.37. The van der Waals surface area contributed by atoms with E-state index in [2.05, 4.69) is 10.6 Å². The van der Waals surface area contributed by atoms with Crippen LogP contribution >= 0.6 is 11.3 Å². The zero-order valence-electron chi connectivity index (χ0n) is 22.8. The molecule has 0 radical (unpaired) electrons. The minimum atomic E-state index is -2.50. The average Bonchev–Trinajstić information content (AvgIpc) is 3.52. The second-order valence-corrected chi connectivity index (χ2v) is 11.6. The van der Waals surface area contributed by atoms with Gasteiger partial charge in [-0.1, -0.05) is 36.4 Å². The first-order valence-electron chi connectivity index (χ1n) is 13.0. The number of carbonyl (C=O) groups is 5. The largest absolute Gasteiger partial charge is 0.456 e. The molecule has 3 atom stereocenters. The lowest BCUT2D eigenvalue weighted by atomic mass is 10.0. The fraction of sp³-hybridized carbons (Fsp3) is 0.464. The predicted molar refractivity (Wildman–Crippen MR) is 148 cm³/mol. The summed E-state index contributed by atoms with van der Waals surface area (Å²) in [5.74, 6) is -3.82. The second kappa shape index (κ2) is 13.1. The van der Waals surface area contributed by atoms with E-state index in [1.54, 1.807) is 38.3 Å². The highest BCUT2D eigenvalue weighted by Gasteiger charge is 2.58. The lowest BCUT2D eigenvalue weighted by Crippen LogP contribution is -2.65. The summed E-state index contributed by atoms with van der Waals surface area (Å²) in [6, 6.07) is 10.2. The molecule has 4 amide bonds. The third-order valence-corrected chi connectivity index (χ3v) is 7.20. The van der Waals surface area contributed by atoms with E-state index in [4.69, 9.17) is 10.5 Å². The number of benzene rings is 1. The molecule has 11 nitrogen and oxygen atoms in total. The van der Waals surface area contributed by atoms with Crippen LogP contribution < -0.4 is 16.4 Å². The molecule has 1 aliphatic heterocycles. The van der Waals surface area contributed by atoms with E-state index in [-0.39, 0.29) is 19.4 Å². The van der Waals surface area contributed by atoms with Crippen molar-refractivity contribution >= 4 is 40.9 Å². The Morgan fingerprint density at radius 3 is 2.45 bits per heavy atom. The molecule has 0 unspecified atom stereocenters. The quantitative estimate of drug-likeness (QED) is 0.296. The number of esters is 1. The van der Waals surface area contributed by atoms with Crippen LogP contribution in [-0.4, -0.2) is 69.6 Å². The third-order valence-electron chi connectivity index (χ3n) is 6.33. The first kappa shape index (κ1) is 30.8. The SMILES string of the molecule is CC(C)(C)OC(=O)[C@@]1(O)[C@@H](NC(=O)[C@H](CC(N)=O)NC(=O)c2cccs2)CCN1C(=O)CCCc1ccccc1. The van der Waals surface area contributed by atoms with Gasteiger partial charge in [-0.05, 0) is 57.0 Å². The fourth-order valence-electron chi connectivity index (χ4n) is 4.45. The molecule has 0 aliphatic carbocycles. The number of primary amides is 1. The average molecular weight is 573 g/mol. The standard InChI is InChI=1S/C28H36N4O7S/c1-27(2,3)39-26(37)28(38)21(14-15-32(28)23(34)13-7-11-18-9-5-4-6-10-18)31-24(35)19(17-22(29)33)30-25(36)20-12-8-16-40-20/h4-6,8-10,12,16,19,21,38H,7,11,13-15,17H2,1-3H3,(H2,29,33)(H,30,36)(H,31,35)/t19-,21-,28-/m0/s1. The zero-order chi connectivity index (χ0) is 29.5. The van der Waals surface area contributed by atoms with Crippen LogP contribution in [0, 0.1) is 0 Å².